The van der Waals surface area contributed by atoms with E-state index in [1.807, 2.05) is 0 Å². The van der Waals surface area contributed by atoms with Gasteiger partial charge in [0.25, 0.3) is 0 Å². The van der Waals surface area contributed by atoms with Crippen molar-refractivity contribution in [3.05, 3.63) is 23.2 Å². The zero-order valence-electron chi connectivity index (χ0n) is 8.68. The summed E-state index contributed by atoms with van der Waals surface area (Å²) in [4.78, 5) is 14.8. The number of carboxylic acids is 1. The van der Waals surface area contributed by atoms with Crippen LogP contribution in [0.2, 0.25) is 5.15 Å². The van der Waals surface area contributed by atoms with Crippen LogP contribution < -0.4 is 0 Å². The number of carbonyl (C=O) groups is 1. The molecule has 2 heterocycles. The number of aromatic nitrogens is 4. The number of nitrogens with zero attached hydrogens (tertiary/aromatic N) is 4. The van der Waals surface area contributed by atoms with Gasteiger partial charge in [-0.3, -0.25) is 4.68 Å². The van der Waals surface area contributed by atoms with Gasteiger partial charge < -0.3 is 9.67 Å². The second-order valence-corrected chi connectivity index (χ2v) is 3.70. The lowest BCUT2D eigenvalue weighted by molar-refractivity contribution is 0.0685. The maximum Gasteiger partial charge on any atom is 0.354 e. The minimum atomic E-state index is -1.03. The highest BCUT2D eigenvalue weighted by molar-refractivity contribution is 6.31. The summed E-state index contributed by atoms with van der Waals surface area (Å²) in [6, 6.07) is 1.46. The molecule has 0 aromatic carbocycles. The Bertz CT molecular complexity index is 538. The SMILES string of the molecule is Cn1cnc(Cl)c1-c1cc(C(=O)O)n(C)n1. The number of rotatable bonds is 2. The lowest BCUT2D eigenvalue weighted by Crippen LogP contribution is -2.04. The van der Waals surface area contributed by atoms with Gasteiger partial charge in [-0.1, -0.05) is 11.6 Å². The normalized spacial score (nSPS) is 10.7. The van der Waals surface area contributed by atoms with E-state index in [1.165, 1.54) is 10.7 Å². The lowest BCUT2D eigenvalue weighted by atomic mass is 10.3. The Kier molecular flexibility index (Phi) is 2.43. The van der Waals surface area contributed by atoms with Gasteiger partial charge in [-0.15, -0.1) is 0 Å². The van der Waals surface area contributed by atoms with Crippen molar-refractivity contribution in [1.29, 1.82) is 0 Å². The molecule has 0 radical (unpaired) electrons. The molecule has 0 saturated carbocycles. The van der Waals surface area contributed by atoms with Crippen molar-refractivity contribution in [1.82, 2.24) is 19.3 Å². The molecule has 2 aromatic heterocycles. The Morgan fingerprint density at radius 2 is 2.19 bits per heavy atom. The van der Waals surface area contributed by atoms with Gasteiger partial charge in [0.2, 0.25) is 0 Å². The zero-order valence-corrected chi connectivity index (χ0v) is 9.43. The molecule has 0 spiro atoms. The third-order valence-electron chi connectivity index (χ3n) is 2.23. The first-order valence-corrected chi connectivity index (χ1v) is 4.83. The van der Waals surface area contributed by atoms with Crippen LogP contribution in [0.15, 0.2) is 12.4 Å². The fraction of sp³-hybridized carbons (Fsp3) is 0.222. The maximum absolute atomic E-state index is 10.9. The fourth-order valence-electron chi connectivity index (χ4n) is 1.47. The predicted molar refractivity (Wildman–Crippen MR) is 57.4 cm³/mol. The molecular weight excluding hydrogens is 232 g/mol. The van der Waals surface area contributed by atoms with Crippen LogP contribution in [-0.2, 0) is 14.1 Å². The summed E-state index contributed by atoms with van der Waals surface area (Å²) in [5, 5.41) is 13.3. The molecule has 1 N–H and O–H groups in total. The highest BCUT2D eigenvalue weighted by Crippen LogP contribution is 2.25. The number of hydrogen-bond acceptors (Lipinski definition) is 3. The van der Waals surface area contributed by atoms with E-state index in [1.54, 1.807) is 25.0 Å². The smallest absolute Gasteiger partial charge is 0.354 e. The maximum atomic E-state index is 10.9. The van der Waals surface area contributed by atoms with Crippen molar-refractivity contribution in [3.8, 4) is 11.4 Å². The predicted octanol–water partition coefficient (Wildman–Crippen LogP) is 1.17. The first-order chi connectivity index (χ1) is 7.50. The zero-order chi connectivity index (χ0) is 11.9. The summed E-state index contributed by atoms with van der Waals surface area (Å²) in [7, 11) is 3.33. The van der Waals surface area contributed by atoms with Gasteiger partial charge in [0.1, 0.15) is 17.1 Å². The molecular formula is C9H9ClN4O2. The number of halogens is 1. The van der Waals surface area contributed by atoms with Crippen LogP contribution >= 0.6 is 11.6 Å². The summed E-state index contributed by atoms with van der Waals surface area (Å²) in [5.41, 5.74) is 1.20. The second kappa shape index (κ2) is 3.64. The molecule has 0 unspecified atom stereocenters. The first-order valence-electron chi connectivity index (χ1n) is 4.45. The highest BCUT2D eigenvalue weighted by Gasteiger charge is 2.17. The first kappa shape index (κ1) is 10.7. The quantitative estimate of drug-likeness (QED) is 0.855. The molecule has 2 aromatic rings. The second-order valence-electron chi connectivity index (χ2n) is 3.34. The largest absolute Gasteiger partial charge is 0.477 e. The van der Waals surface area contributed by atoms with Crippen LogP contribution in [0, 0.1) is 0 Å². The Morgan fingerprint density at radius 3 is 2.62 bits per heavy atom. The van der Waals surface area contributed by atoms with E-state index in [2.05, 4.69) is 10.1 Å². The van der Waals surface area contributed by atoms with Crippen LogP contribution in [-0.4, -0.2) is 30.4 Å². The van der Waals surface area contributed by atoms with Crippen molar-refractivity contribution in [2.45, 2.75) is 0 Å². The third kappa shape index (κ3) is 1.57. The molecule has 0 bridgehead atoms. The van der Waals surface area contributed by atoms with Crippen molar-refractivity contribution in [3.63, 3.8) is 0 Å². The monoisotopic (exact) mass is 240 g/mol. The molecule has 84 valence electrons. The average molecular weight is 241 g/mol. The molecule has 0 fully saturated rings. The van der Waals surface area contributed by atoms with Crippen molar-refractivity contribution in [2.24, 2.45) is 14.1 Å². The minimum absolute atomic E-state index is 0.104. The summed E-state index contributed by atoms with van der Waals surface area (Å²) in [5.74, 6) is -1.03. The van der Waals surface area contributed by atoms with E-state index >= 15 is 0 Å². The number of carboxylic acid groups (broad SMARTS) is 1. The summed E-state index contributed by atoms with van der Waals surface area (Å²) < 4.78 is 2.98. The lowest BCUT2D eigenvalue weighted by Gasteiger charge is -1.97. The van der Waals surface area contributed by atoms with Crippen molar-refractivity contribution >= 4 is 17.6 Å². The van der Waals surface area contributed by atoms with Gasteiger partial charge in [0.15, 0.2) is 5.15 Å². The number of aromatic carboxylic acids is 1. The van der Waals surface area contributed by atoms with Crippen molar-refractivity contribution in [2.75, 3.05) is 0 Å². The van der Waals surface area contributed by atoms with E-state index in [0.29, 0.717) is 16.5 Å². The Balaban J connectivity index is 2.58. The van der Waals surface area contributed by atoms with Gasteiger partial charge in [0.05, 0.1) is 6.33 Å². The van der Waals surface area contributed by atoms with Crippen LogP contribution in [0.4, 0.5) is 0 Å². The van der Waals surface area contributed by atoms with E-state index in [0.717, 1.165) is 0 Å². The van der Waals surface area contributed by atoms with Gasteiger partial charge >= 0.3 is 5.97 Å². The molecule has 0 aliphatic heterocycles. The molecule has 0 saturated heterocycles. The summed E-state index contributed by atoms with van der Waals surface area (Å²) in [6.45, 7) is 0. The molecule has 6 nitrogen and oxygen atoms in total. The molecule has 0 amide bonds. The van der Waals surface area contributed by atoms with E-state index in [4.69, 9.17) is 16.7 Å². The van der Waals surface area contributed by atoms with Gasteiger partial charge in [-0.2, -0.15) is 5.10 Å². The van der Waals surface area contributed by atoms with E-state index < -0.39 is 5.97 Å². The van der Waals surface area contributed by atoms with Crippen molar-refractivity contribution < 1.29 is 9.90 Å². The summed E-state index contributed by atoms with van der Waals surface area (Å²) in [6.07, 6.45) is 1.55. The fourth-order valence-corrected chi connectivity index (χ4v) is 1.74. The van der Waals surface area contributed by atoms with Gasteiger partial charge in [-0.05, 0) is 0 Å². The van der Waals surface area contributed by atoms with Crippen LogP contribution in [0.25, 0.3) is 11.4 Å². The summed E-state index contributed by atoms with van der Waals surface area (Å²) >= 11 is 5.89. The highest BCUT2D eigenvalue weighted by atomic mass is 35.5. The van der Waals surface area contributed by atoms with Gasteiger partial charge in [0, 0.05) is 20.2 Å². The molecule has 0 aliphatic rings. The van der Waals surface area contributed by atoms with Crippen LogP contribution in [0.1, 0.15) is 10.5 Å². The number of imidazole rings is 1. The van der Waals surface area contributed by atoms with Crippen LogP contribution in [0.3, 0.4) is 0 Å². The topological polar surface area (TPSA) is 72.9 Å². The Morgan fingerprint density at radius 1 is 1.50 bits per heavy atom. The molecule has 0 atom stereocenters. The molecule has 0 aliphatic carbocycles. The minimum Gasteiger partial charge on any atom is -0.477 e. The molecule has 7 heteroatoms. The van der Waals surface area contributed by atoms with Crippen LogP contribution in [0.5, 0.6) is 0 Å². The van der Waals surface area contributed by atoms with Gasteiger partial charge in [-0.25, -0.2) is 9.78 Å². The van der Waals surface area contributed by atoms with E-state index in [9.17, 15) is 4.79 Å². The third-order valence-corrected chi connectivity index (χ3v) is 2.51. The number of hydrogen-bond donors (Lipinski definition) is 1. The molecule has 16 heavy (non-hydrogen) atoms. The Labute approximate surface area is 96.1 Å². The number of aryl methyl sites for hydroxylation is 2. The molecule has 2 rings (SSSR count). The standard InChI is InChI=1S/C9H9ClN4O2/c1-13-4-11-8(10)7(13)5-3-6(9(15)16)14(2)12-5/h3-4H,1-2H3,(H,15,16). The average Bonchev–Trinajstić information content (AvgIpc) is 2.70. The van der Waals surface area contributed by atoms with E-state index in [-0.39, 0.29) is 5.69 Å². The Hall–Kier alpha value is -1.82.